The molecule has 0 aliphatic heterocycles. The Labute approximate surface area is 156 Å². The topological polar surface area (TPSA) is 65.2 Å². The summed E-state index contributed by atoms with van der Waals surface area (Å²) in [5.74, 6) is -0.196. The van der Waals surface area contributed by atoms with E-state index in [2.05, 4.69) is 10.2 Å². The van der Waals surface area contributed by atoms with Gasteiger partial charge in [-0.3, -0.25) is 0 Å². The first-order valence-electron chi connectivity index (χ1n) is 6.69. The number of hydrogen-bond donors (Lipinski definition) is 0. The van der Waals surface area contributed by atoms with E-state index in [0.29, 0.717) is 5.89 Å². The first-order chi connectivity index (χ1) is 11.5. The molecule has 2 heterocycles. The van der Waals surface area contributed by atoms with Gasteiger partial charge in [0.1, 0.15) is 0 Å². The van der Waals surface area contributed by atoms with Crippen LogP contribution in [0.2, 0.25) is 15.1 Å². The molecular weight excluding hydrogens is 395 g/mol. The maximum absolute atomic E-state index is 12.3. The fourth-order valence-corrected chi connectivity index (χ4v) is 3.21. The molecule has 0 aliphatic carbocycles. The second-order valence-electron chi connectivity index (χ2n) is 4.69. The van der Waals surface area contributed by atoms with Crippen molar-refractivity contribution in [2.24, 2.45) is 0 Å². The van der Waals surface area contributed by atoms with E-state index in [1.165, 1.54) is 23.5 Å². The molecule has 0 aliphatic rings. The van der Waals surface area contributed by atoms with Crippen LogP contribution >= 0.6 is 46.1 Å². The van der Waals surface area contributed by atoms with Gasteiger partial charge in [0, 0.05) is 0 Å². The number of nitrogens with zero attached hydrogens (tertiary/aromatic N) is 2. The highest BCUT2D eigenvalue weighted by Crippen LogP contribution is 2.33. The quantitative estimate of drug-likeness (QED) is 0.414. The van der Waals surface area contributed by atoms with Gasteiger partial charge in [0.2, 0.25) is 0 Å². The highest BCUT2D eigenvalue weighted by atomic mass is 35.5. The minimum Gasteiger partial charge on any atom is -0.449 e. The van der Waals surface area contributed by atoms with Gasteiger partial charge in [0.05, 0.1) is 25.5 Å². The van der Waals surface area contributed by atoms with Crippen molar-refractivity contribution in [2.45, 2.75) is 13.0 Å². The van der Waals surface area contributed by atoms with E-state index in [-0.39, 0.29) is 26.5 Å². The van der Waals surface area contributed by atoms with E-state index in [4.69, 9.17) is 44.0 Å². The van der Waals surface area contributed by atoms with Crippen LogP contribution in [0.25, 0.3) is 10.8 Å². The first kappa shape index (κ1) is 17.2. The molecule has 3 aromatic rings. The summed E-state index contributed by atoms with van der Waals surface area (Å²) in [5.41, 5.74) is -0.00400. The van der Waals surface area contributed by atoms with Crippen LogP contribution in [0.5, 0.6) is 0 Å². The molecule has 0 N–H and O–H groups in total. The van der Waals surface area contributed by atoms with Crippen molar-refractivity contribution in [3.05, 3.63) is 56.2 Å². The van der Waals surface area contributed by atoms with Crippen molar-refractivity contribution >= 4 is 52.1 Å². The summed E-state index contributed by atoms with van der Waals surface area (Å²) in [6.07, 6.45) is -0.773. The Morgan fingerprint density at radius 3 is 2.67 bits per heavy atom. The largest absolute Gasteiger partial charge is 0.449 e. The van der Waals surface area contributed by atoms with Gasteiger partial charge in [-0.05, 0) is 30.5 Å². The summed E-state index contributed by atoms with van der Waals surface area (Å²) in [5, 5.41) is 10.1. The Morgan fingerprint density at radius 2 is 1.96 bits per heavy atom. The van der Waals surface area contributed by atoms with E-state index in [1.807, 2.05) is 17.5 Å². The van der Waals surface area contributed by atoms with Crippen LogP contribution in [-0.2, 0) is 4.74 Å². The van der Waals surface area contributed by atoms with Gasteiger partial charge in [0.15, 0.2) is 6.10 Å². The number of halogens is 3. The molecule has 0 amide bonds. The van der Waals surface area contributed by atoms with Crippen LogP contribution in [0.4, 0.5) is 0 Å². The Hall–Kier alpha value is -1.60. The van der Waals surface area contributed by atoms with Gasteiger partial charge in [-0.2, -0.15) is 0 Å². The highest BCUT2D eigenvalue weighted by molar-refractivity contribution is 7.13. The second-order valence-corrected chi connectivity index (χ2v) is 6.83. The van der Waals surface area contributed by atoms with E-state index in [1.54, 1.807) is 6.92 Å². The zero-order valence-corrected chi connectivity index (χ0v) is 15.2. The summed E-state index contributed by atoms with van der Waals surface area (Å²) < 4.78 is 10.8. The lowest BCUT2D eigenvalue weighted by Crippen LogP contribution is -2.11. The van der Waals surface area contributed by atoms with E-state index < -0.39 is 12.1 Å². The van der Waals surface area contributed by atoms with E-state index >= 15 is 0 Å². The summed E-state index contributed by atoms with van der Waals surface area (Å²) in [7, 11) is 0. The molecule has 0 unspecified atom stereocenters. The second kappa shape index (κ2) is 7.11. The van der Waals surface area contributed by atoms with Gasteiger partial charge < -0.3 is 9.15 Å². The van der Waals surface area contributed by atoms with Gasteiger partial charge in [-0.1, -0.05) is 40.9 Å². The van der Waals surface area contributed by atoms with Crippen molar-refractivity contribution in [3.63, 3.8) is 0 Å². The van der Waals surface area contributed by atoms with Gasteiger partial charge in [0.25, 0.3) is 11.8 Å². The van der Waals surface area contributed by atoms with Crippen LogP contribution in [-0.4, -0.2) is 16.2 Å². The molecule has 24 heavy (non-hydrogen) atoms. The number of ether oxygens (including phenoxy) is 1. The van der Waals surface area contributed by atoms with Crippen molar-refractivity contribution in [3.8, 4) is 10.8 Å². The Morgan fingerprint density at radius 1 is 1.21 bits per heavy atom. The third kappa shape index (κ3) is 3.42. The van der Waals surface area contributed by atoms with Crippen LogP contribution in [0.15, 0.2) is 34.1 Å². The van der Waals surface area contributed by atoms with Crippen molar-refractivity contribution in [1.29, 1.82) is 0 Å². The normalized spacial score (nSPS) is 12.2. The molecule has 3 rings (SSSR count). The number of esters is 1. The smallest absolute Gasteiger partial charge is 0.342 e. The Bertz CT molecular complexity index is 880. The zero-order valence-electron chi connectivity index (χ0n) is 12.1. The van der Waals surface area contributed by atoms with Crippen molar-refractivity contribution in [1.82, 2.24) is 10.2 Å². The minimum absolute atomic E-state index is 0.00400. The monoisotopic (exact) mass is 402 g/mol. The third-order valence-corrected chi connectivity index (χ3v) is 5.03. The number of carbonyl (C=O) groups excluding carboxylic acids is 1. The molecule has 0 saturated heterocycles. The zero-order chi connectivity index (χ0) is 17.3. The predicted molar refractivity (Wildman–Crippen MR) is 92.9 cm³/mol. The third-order valence-electron chi connectivity index (χ3n) is 3.05. The molecule has 2 aromatic heterocycles. The molecule has 0 saturated carbocycles. The fourth-order valence-electron chi connectivity index (χ4n) is 1.88. The number of rotatable bonds is 4. The first-order valence-corrected chi connectivity index (χ1v) is 8.70. The van der Waals surface area contributed by atoms with E-state index in [9.17, 15) is 4.79 Å². The number of benzene rings is 1. The predicted octanol–water partition coefficient (Wildman–Crippen LogP) is 5.68. The van der Waals surface area contributed by atoms with Crippen LogP contribution in [0.3, 0.4) is 0 Å². The summed E-state index contributed by atoms with van der Waals surface area (Å²) >= 11 is 19.4. The number of hydrogen-bond acceptors (Lipinski definition) is 6. The Kier molecular flexibility index (Phi) is 5.10. The lowest BCUT2D eigenvalue weighted by Gasteiger charge is -2.12. The molecule has 5 nitrogen and oxygen atoms in total. The lowest BCUT2D eigenvalue weighted by atomic mass is 10.2. The number of thiophene rings is 1. The fraction of sp³-hybridized carbons (Fsp3) is 0.133. The average Bonchev–Trinajstić information content (AvgIpc) is 3.21. The molecule has 0 fully saturated rings. The van der Waals surface area contributed by atoms with E-state index in [0.717, 1.165) is 4.88 Å². The summed E-state index contributed by atoms with van der Waals surface area (Å²) in [6, 6.07) is 6.69. The molecule has 0 radical (unpaired) electrons. The molecular formula is C15H9Cl3N2O3S. The standard InChI is InChI=1S/C15H9Cl3N2O3S/c1-7(13-19-20-14(23-13)10-3-2-6-24-10)22-15(21)11-8(16)4-5-9(17)12(11)18/h2-7H,1H3/t7-/m1/s1. The Balaban J connectivity index is 1.79. The molecule has 0 spiro atoms. The maximum atomic E-state index is 12.3. The maximum Gasteiger partial charge on any atom is 0.342 e. The van der Waals surface area contributed by atoms with Crippen LogP contribution in [0, 0.1) is 0 Å². The molecule has 1 atom stereocenters. The molecule has 1 aromatic carbocycles. The molecule has 0 bridgehead atoms. The SMILES string of the molecule is C[C@@H](OC(=O)c1c(Cl)ccc(Cl)c1Cl)c1nnc(-c2cccs2)o1. The van der Waals surface area contributed by atoms with Crippen LogP contribution in [0.1, 0.15) is 29.3 Å². The number of carbonyl (C=O) groups is 1. The van der Waals surface area contributed by atoms with Gasteiger partial charge in [-0.15, -0.1) is 21.5 Å². The highest BCUT2D eigenvalue weighted by Gasteiger charge is 2.24. The van der Waals surface area contributed by atoms with Gasteiger partial charge in [-0.25, -0.2) is 4.79 Å². The lowest BCUT2D eigenvalue weighted by molar-refractivity contribution is 0.0280. The molecule has 124 valence electrons. The van der Waals surface area contributed by atoms with Crippen molar-refractivity contribution < 1.29 is 13.9 Å². The van der Waals surface area contributed by atoms with Gasteiger partial charge >= 0.3 is 5.97 Å². The molecule has 9 heteroatoms. The summed E-state index contributed by atoms with van der Waals surface area (Å²) in [6.45, 7) is 1.61. The summed E-state index contributed by atoms with van der Waals surface area (Å²) in [4.78, 5) is 13.1. The van der Waals surface area contributed by atoms with Crippen LogP contribution < -0.4 is 0 Å². The number of aromatic nitrogens is 2. The average molecular weight is 404 g/mol. The van der Waals surface area contributed by atoms with Crippen molar-refractivity contribution in [2.75, 3.05) is 0 Å². The minimum atomic E-state index is -0.773.